The standard InChI is InChI=1S/C57H37N3O/c58-50-12-6-4-11-48(50)54-44(25-29-47-46-10-5-7-13-53(46)61-57(47)54)32-35-14-16-36(17-15-35)41-22-18-37-19-23-42-33-43(24-28-45(42)49(37)34-41)52-31-27-40-21-20-39-26-30-51(38-8-2-1-3-9-38)59-55(39)56(40)60-52/h1-31,33-34H,32,58H2. The Morgan fingerprint density at radius 3 is 1.84 bits per heavy atom. The fourth-order valence-corrected chi connectivity index (χ4v) is 9.13. The van der Waals surface area contributed by atoms with Gasteiger partial charge in [0.2, 0.25) is 0 Å². The van der Waals surface area contributed by atoms with Crippen LogP contribution in [0.15, 0.2) is 205 Å². The monoisotopic (exact) mass is 779 g/mol. The Balaban J connectivity index is 0.875. The van der Waals surface area contributed by atoms with Crippen molar-refractivity contribution in [3.63, 3.8) is 0 Å². The number of benzene rings is 9. The molecule has 4 heteroatoms. The number of furan rings is 1. The number of nitrogen functional groups attached to an aromatic ring is 1. The molecule has 3 aromatic heterocycles. The van der Waals surface area contributed by atoms with E-state index in [9.17, 15) is 0 Å². The third-order valence-electron chi connectivity index (χ3n) is 12.3. The van der Waals surface area contributed by atoms with E-state index in [4.69, 9.17) is 20.1 Å². The SMILES string of the molecule is Nc1ccccc1-c1c(Cc2ccc(-c3ccc4ccc5cc(-c6ccc7ccc8ccc(-c9ccccc9)nc8c7n6)ccc5c4c3)cc2)ccc2c1oc1ccccc12. The predicted molar refractivity (Wildman–Crippen MR) is 255 cm³/mol. The summed E-state index contributed by atoms with van der Waals surface area (Å²) in [6.07, 6.45) is 0.745. The van der Waals surface area contributed by atoms with Crippen molar-refractivity contribution in [2.45, 2.75) is 6.42 Å². The number of aromatic nitrogens is 2. The normalized spacial score (nSPS) is 11.7. The van der Waals surface area contributed by atoms with E-state index in [1.165, 1.54) is 43.8 Å². The van der Waals surface area contributed by atoms with Crippen LogP contribution in [-0.4, -0.2) is 9.97 Å². The Kier molecular flexibility index (Phi) is 8.04. The smallest absolute Gasteiger partial charge is 0.143 e. The lowest BCUT2D eigenvalue weighted by atomic mass is 9.91. The highest BCUT2D eigenvalue weighted by molar-refractivity contribution is 6.12. The van der Waals surface area contributed by atoms with E-state index in [1.807, 2.05) is 48.5 Å². The topological polar surface area (TPSA) is 64.9 Å². The van der Waals surface area contributed by atoms with Gasteiger partial charge < -0.3 is 10.2 Å². The van der Waals surface area contributed by atoms with E-state index in [1.54, 1.807) is 0 Å². The average molecular weight is 780 g/mol. The first-order valence-electron chi connectivity index (χ1n) is 20.7. The highest BCUT2D eigenvalue weighted by Crippen LogP contribution is 2.41. The molecule has 0 saturated carbocycles. The third-order valence-corrected chi connectivity index (χ3v) is 12.3. The minimum absolute atomic E-state index is 0.738. The molecule has 0 aliphatic rings. The number of anilines is 1. The maximum Gasteiger partial charge on any atom is 0.143 e. The van der Waals surface area contributed by atoms with Gasteiger partial charge in [-0.3, -0.25) is 0 Å². The lowest BCUT2D eigenvalue weighted by Gasteiger charge is -2.14. The molecule has 0 atom stereocenters. The molecule has 286 valence electrons. The summed E-state index contributed by atoms with van der Waals surface area (Å²) in [6, 6.07) is 70.7. The lowest BCUT2D eigenvalue weighted by molar-refractivity contribution is 0.669. The second-order valence-corrected chi connectivity index (χ2v) is 15.9. The number of fused-ring (bicyclic) bond motifs is 9. The summed E-state index contributed by atoms with van der Waals surface area (Å²) >= 11 is 0. The molecule has 0 saturated heterocycles. The van der Waals surface area contributed by atoms with Crippen LogP contribution in [0.25, 0.3) is 110 Å². The van der Waals surface area contributed by atoms with Gasteiger partial charge in [-0.2, -0.15) is 0 Å². The number of para-hydroxylation sites is 2. The Morgan fingerprint density at radius 2 is 1.03 bits per heavy atom. The summed E-state index contributed by atoms with van der Waals surface area (Å²) < 4.78 is 6.53. The molecule has 61 heavy (non-hydrogen) atoms. The second-order valence-electron chi connectivity index (χ2n) is 15.9. The van der Waals surface area contributed by atoms with Crippen molar-refractivity contribution >= 4 is 71.0 Å². The van der Waals surface area contributed by atoms with Crippen molar-refractivity contribution in [3.05, 3.63) is 211 Å². The molecule has 9 aromatic carbocycles. The Labute approximate surface area is 352 Å². The second kappa shape index (κ2) is 14.0. The largest absolute Gasteiger partial charge is 0.455 e. The van der Waals surface area contributed by atoms with Gasteiger partial charge in [-0.1, -0.05) is 164 Å². The number of hydrogen-bond donors (Lipinski definition) is 1. The van der Waals surface area contributed by atoms with Crippen LogP contribution in [0.5, 0.6) is 0 Å². The molecule has 2 N–H and O–H groups in total. The number of hydrogen-bond acceptors (Lipinski definition) is 4. The van der Waals surface area contributed by atoms with Gasteiger partial charge in [-0.25, -0.2) is 9.97 Å². The Bertz CT molecular complexity index is 3680. The minimum atomic E-state index is 0.738. The van der Waals surface area contributed by atoms with Gasteiger partial charge in [0.05, 0.1) is 22.4 Å². The van der Waals surface area contributed by atoms with Crippen molar-refractivity contribution in [2.75, 3.05) is 5.73 Å². The van der Waals surface area contributed by atoms with Crippen LogP contribution in [0.1, 0.15) is 11.1 Å². The first kappa shape index (κ1) is 34.9. The summed E-state index contributed by atoms with van der Waals surface area (Å²) in [5, 5.41) is 9.20. The molecule has 0 radical (unpaired) electrons. The zero-order chi connectivity index (χ0) is 40.4. The number of nitrogens with zero attached hydrogens (tertiary/aromatic N) is 2. The van der Waals surface area contributed by atoms with Crippen molar-refractivity contribution in [1.82, 2.24) is 9.97 Å². The van der Waals surface area contributed by atoms with Gasteiger partial charge in [0.15, 0.2) is 0 Å². The highest BCUT2D eigenvalue weighted by atomic mass is 16.3. The first-order valence-corrected chi connectivity index (χ1v) is 20.7. The van der Waals surface area contributed by atoms with Crippen molar-refractivity contribution in [2.24, 2.45) is 0 Å². The van der Waals surface area contributed by atoms with Crippen LogP contribution in [-0.2, 0) is 6.42 Å². The number of pyridine rings is 2. The van der Waals surface area contributed by atoms with E-state index in [0.717, 1.165) is 89.5 Å². The quantitative estimate of drug-likeness (QED) is 0.135. The van der Waals surface area contributed by atoms with E-state index in [2.05, 4.69) is 152 Å². The number of rotatable bonds is 6. The zero-order valence-electron chi connectivity index (χ0n) is 33.1. The van der Waals surface area contributed by atoms with Crippen LogP contribution in [0.4, 0.5) is 5.69 Å². The summed E-state index contributed by atoms with van der Waals surface area (Å²) in [7, 11) is 0. The lowest BCUT2D eigenvalue weighted by Crippen LogP contribution is -1.96. The molecule has 12 rings (SSSR count). The molecule has 0 bridgehead atoms. The van der Waals surface area contributed by atoms with Gasteiger partial charge in [0.1, 0.15) is 11.2 Å². The zero-order valence-corrected chi connectivity index (χ0v) is 33.1. The van der Waals surface area contributed by atoms with Gasteiger partial charge in [0, 0.05) is 49.5 Å². The van der Waals surface area contributed by atoms with Gasteiger partial charge in [0.25, 0.3) is 0 Å². The van der Waals surface area contributed by atoms with Crippen LogP contribution >= 0.6 is 0 Å². The van der Waals surface area contributed by atoms with Crippen LogP contribution in [0, 0.1) is 0 Å². The third kappa shape index (κ3) is 5.99. The minimum Gasteiger partial charge on any atom is -0.455 e. The molecule has 0 fully saturated rings. The van der Waals surface area contributed by atoms with E-state index < -0.39 is 0 Å². The molecular formula is C57H37N3O. The molecular weight excluding hydrogens is 743 g/mol. The molecule has 4 nitrogen and oxygen atoms in total. The molecule has 0 aliphatic heterocycles. The summed E-state index contributed by atoms with van der Waals surface area (Å²) in [4.78, 5) is 10.4. The Hall–Kier alpha value is -8.08. The van der Waals surface area contributed by atoms with Gasteiger partial charge in [-0.05, 0) is 86.6 Å². The summed E-state index contributed by atoms with van der Waals surface area (Å²) in [5.41, 5.74) is 21.8. The molecule has 12 aromatic rings. The Morgan fingerprint density at radius 1 is 0.410 bits per heavy atom. The van der Waals surface area contributed by atoms with Crippen LogP contribution in [0.2, 0.25) is 0 Å². The molecule has 0 unspecified atom stereocenters. The predicted octanol–water partition coefficient (Wildman–Crippen LogP) is 14.8. The van der Waals surface area contributed by atoms with Crippen molar-refractivity contribution < 1.29 is 4.42 Å². The molecule has 0 aliphatic carbocycles. The first-order chi connectivity index (χ1) is 30.1. The molecule has 3 heterocycles. The maximum absolute atomic E-state index is 6.60. The summed E-state index contributed by atoms with van der Waals surface area (Å²) in [6.45, 7) is 0. The van der Waals surface area contributed by atoms with E-state index >= 15 is 0 Å². The average Bonchev–Trinajstić information content (AvgIpc) is 3.70. The van der Waals surface area contributed by atoms with E-state index in [-0.39, 0.29) is 0 Å². The highest BCUT2D eigenvalue weighted by Gasteiger charge is 2.19. The summed E-state index contributed by atoms with van der Waals surface area (Å²) in [5.74, 6) is 0. The van der Waals surface area contributed by atoms with Crippen molar-refractivity contribution in [1.29, 1.82) is 0 Å². The van der Waals surface area contributed by atoms with Crippen molar-refractivity contribution in [3.8, 4) is 44.8 Å². The van der Waals surface area contributed by atoms with Crippen LogP contribution in [0.3, 0.4) is 0 Å². The number of nitrogens with two attached hydrogens (primary N) is 1. The van der Waals surface area contributed by atoms with Crippen LogP contribution < -0.4 is 5.73 Å². The fraction of sp³-hybridized carbons (Fsp3) is 0.0175. The maximum atomic E-state index is 6.60. The molecule has 0 amide bonds. The van der Waals surface area contributed by atoms with Gasteiger partial charge in [-0.15, -0.1) is 0 Å². The van der Waals surface area contributed by atoms with E-state index in [0.29, 0.717) is 0 Å². The molecule has 0 spiro atoms. The van der Waals surface area contributed by atoms with Gasteiger partial charge >= 0.3 is 0 Å². The fourth-order valence-electron chi connectivity index (χ4n) is 9.13.